The molecular weight excluding hydrogens is 406 g/mol. The summed E-state index contributed by atoms with van der Waals surface area (Å²) >= 11 is 1.57. The zero-order chi connectivity index (χ0) is 21.3. The number of hydrogen-bond donors (Lipinski definition) is 0. The number of ether oxygens (including phenoxy) is 1. The van der Waals surface area contributed by atoms with Gasteiger partial charge in [0.25, 0.3) is 6.43 Å². The monoisotopic (exact) mass is 428 g/mol. The van der Waals surface area contributed by atoms with Crippen molar-refractivity contribution in [1.82, 2.24) is 9.88 Å². The van der Waals surface area contributed by atoms with E-state index in [0.29, 0.717) is 12.4 Å². The van der Waals surface area contributed by atoms with E-state index in [2.05, 4.69) is 4.98 Å². The molecule has 1 aromatic heterocycles. The second kappa shape index (κ2) is 10.6. The highest BCUT2D eigenvalue weighted by Crippen LogP contribution is 2.16. The molecule has 0 radical (unpaired) electrons. The van der Waals surface area contributed by atoms with E-state index in [0.717, 1.165) is 26.7 Å². The predicted octanol–water partition coefficient (Wildman–Crippen LogP) is 5.34. The molecule has 0 bridgehead atoms. The van der Waals surface area contributed by atoms with E-state index >= 15 is 0 Å². The molecule has 7 heteroatoms. The lowest BCUT2D eigenvalue weighted by Gasteiger charge is -2.21. The van der Waals surface area contributed by atoms with Crippen molar-refractivity contribution >= 4 is 23.3 Å². The van der Waals surface area contributed by atoms with Crippen LogP contribution in [0.1, 0.15) is 21.8 Å². The maximum absolute atomic E-state index is 12.9. The Hall–Kier alpha value is -3.06. The molecule has 0 aliphatic rings. The predicted molar refractivity (Wildman–Crippen MR) is 115 cm³/mol. The van der Waals surface area contributed by atoms with E-state index in [1.165, 1.54) is 6.08 Å². The molecule has 1 heterocycles. The summed E-state index contributed by atoms with van der Waals surface area (Å²) in [5, 5.41) is 2.95. The highest BCUT2D eigenvalue weighted by atomic mass is 32.1. The van der Waals surface area contributed by atoms with Crippen LogP contribution in [0.15, 0.2) is 66.1 Å². The van der Waals surface area contributed by atoms with Gasteiger partial charge >= 0.3 is 0 Å². The van der Waals surface area contributed by atoms with Gasteiger partial charge in [-0.25, -0.2) is 13.8 Å². The molecule has 0 N–H and O–H groups in total. The van der Waals surface area contributed by atoms with E-state index in [1.807, 2.05) is 30.5 Å². The van der Waals surface area contributed by atoms with Gasteiger partial charge < -0.3 is 9.64 Å². The number of carbonyl (C=O) groups is 1. The average Bonchev–Trinajstić information content (AvgIpc) is 3.16. The first kappa shape index (κ1) is 21.6. The van der Waals surface area contributed by atoms with Gasteiger partial charge in [-0.2, -0.15) is 0 Å². The largest absolute Gasteiger partial charge is 0.487 e. The minimum atomic E-state index is -2.59. The summed E-state index contributed by atoms with van der Waals surface area (Å²) < 4.78 is 31.5. The highest BCUT2D eigenvalue weighted by Gasteiger charge is 2.16. The summed E-state index contributed by atoms with van der Waals surface area (Å²) in [5.41, 5.74) is 2.46. The first-order valence-corrected chi connectivity index (χ1v) is 10.3. The number of aryl methyl sites for hydroxylation is 1. The second-order valence-corrected chi connectivity index (χ2v) is 7.71. The minimum Gasteiger partial charge on any atom is -0.487 e. The number of aromatic nitrogens is 1. The molecule has 0 aliphatic carbocycles. The van der Waals surface area contributed by atoms with E-state index < -0.39 is 18.9 Å². The lowest BCUT2D eigenvalue weighted by Crippen LogP contribution is -2.33. The third kappa shape index (κ3) is 6.77. The number of benzene rings is 2. The van der Waals surface area contributed by atoms with Gasteiger partial charge in [-0.15, -0.1) is 11.3 Å². The van der Waals surface area contributed by atoms with Crippen LogP contribution < -0.4 is 4.74 Å². The maximum atomic E-state index is 12.9. The molecule has 0 fully saturated rings. The van der Waals surface area contributed by atoms with Crippen LogP contribution in [-0.4, -0.2) is 28.8 Å². The third-order valence-corrected chi connectivity index (χ3v) is 5.06. The molecule has 30 heavy (non-hydrogen) atoms. The molecule has 0 atom stereocenters. The number of carbonyl (C=O) groups excluding carboxylic acids is 1. The number of rotatable bonds is 9. The molecule has 3 aromatic rings. The Balaban J connectivity index is 1.58. The summed E-state index contributed by atoms with van der Waals surface area (Å²) in [6, 6.07) is 16.3. The number of thiazole rings is 1. The first-order valence-electron chi connectivity index (χ1n) is 9.42. The van der Waals surface area contributed by atoms with Crippen molar-refractivity contribution in [3.05, 3.63) is 87.9 Å². The van der Waals surface area contributed by atoms with Gasteiger partial charge in [0.15, 0.2) is 0 Å². The van der Waals surface area contributed by atoms with Gasteiger partial charge in [0.1, 0.15) is 12.4 Å². The summed E-state index contributed by atoms with van der Waals surface area (Å²) in [4.78, 5) is 17.9. The Bertz CT molecular complexity index is 972. The molecule has 2 aromatic carbocycles. The smallest absolute Gasteiger partial charge is 0.255 e. The Morgan fingerprint density at radius 3 is 2.53 bits per heavy atom. The topological polar surface area (TPSA) is 42.4 Å². The normalized spacial score (nSPS) is 11.2. The maximum Gasteiger partial charge on any atom is 0.255 e. The lowest BCUT2D eigenvalue weighted by atomic mass is 10.2. The zero-order valence-corrected chi connectivity index (χ0v) is 17.3. The summed E-state index contributed by atoms with van der Waals surface area (Å²) in [6.45, 7) is 1.86. The van der Waals surface area contributed by atoms with Crippen LogP contribution in [-0.2, 0) is 17.9 Å². The quantitative estimate of drug-likeness (QED) is 0.432. The number of alkyl halides is 2. The molecule has 3 rings (SSSR count). The van der Waals surface area contributed by atoms with Gasteiger partial charge in [0.05, 0.1) is 17.2 Å². The number of nitrogens with zero attached hydrogens (tertiary/aromatic N) is 2. The fourth-order valence-corrected chi connectivity index (χ4v) is 3.38. The van der Waals surface area contributed by atoms with Gasteiger partial charge in [0, 0.05) is 18.0 Å². The molecule has 0 saturated heterocycles. The van der Waals surface area contributed by atoms with Crippen LogP contribution in [0.2, 0.25) is 0 Å². The molecule has 156 valence electrons. The van der Waals surface area contributed by atoms with Crippen LogP contribution >= 0.6 is 11.3 Å². The Kier molecular flexibility index (Phi) is 7.68. The first-order chi connectivity index (χ1) is 14.5. The number of amides is 1. The average molecular weight is 429 g/mol. The van der Waals surface area contributed by atoms with Crippen molar-refractivity contribution in [1.29, 1.82) is 0 Å². The van der Waals surface area contributed by atoms with Crippen LogP contribution in [0, 0.1) is 6.92 Å². The Labute approximate surface area is 178 Å². The highest BCUT2D eigenvalue weighted by molar-refractivity contribution is 7.09. The zero-order valence-electron chi connectivity index (χ0n) is 16.5. The molecule has 4 nitrogen and oxygen atoms in total. The van der Waals surface area contributed by atoms with E-state index in [4.69, 9.17) is 4.74 Å². The molecule has 0 aliphatic heterocycles. The van der Waals surface area contributed by atoms with E-state index in [-0.39, 0.29) is 6.54 Å². The molecule has 1 amide bonds. The van der Waals surface area contributed by atoms with E-state index in [9.17, 15) is 13.6 Å². The van der Waals surface area contributed by atoms with Gasteiger partial charge in [0.2, 0.25) is 5.91 Å². The summed E-state index contributed by atoms with van der Waals surface area (Å²) in [7, 11) is 0. The van der Waals surface area contributed by atoms with Crippen molar-refractivity contribution in [3.63, 3.8) is 0 Å². The number of hydrogen-bond acceptors (Lipinski definition) is 4. The fraction of sp³-hybridized carbons (Fsp3) is 0.217. The van der Waals surface area contributed by atoms with Crippen molar-refractivity contribution in [2.24, 2.45) is 0 Å². The van der Waals surface area contributed by atoms with Crippen LogP contribution in [0.25, 0.3) is 6.08 Å². The van der Waals surface area contributed by atoms with Gasteiger partial charge in [-0.05, 0) is 36.3 Å². The van der Waals surface area contributed by atoms with Crippen molar-refractivity contribution < 1.29 is 18.3 Å². The molecule has 0 unspecified atom stereocenters. The SMILES string of the molecule is Cc1nc(COc2ccc(C=CC(=O)N(Cc3ccccc3)CC(F)F)cc2)cs1. The molecule has 0 spiro atoms. The van der Waals surface area contributed by atoms with Crippen molar-refractivity contribution in [3.8, 4) is 5.75 Å². The summed E-state index contributed by atoms with van der Waals surface area (Å²) in [5.74, 6) is 0.228. The van der Waals surface area contributed by atoms with Crippen LogP contribution in [0.4, 0.5) is 8.78 Å². The third-order valence-electron chi connectivity index (χ3n) is 4.24. The molecular formula is C23H22F2N2O2S. The number of halogens is 2. The fourth-order valence-electron chi connectivity index (χ4n) is 2.78. The van der Waals surface area contributed by atoms with E-state index in [1.54, 1.807) is 53.8 Å². The van der Waals surface area contributed by atoms with Crippen LogP contribution in [0.3, 0.4) is 0 Å². The standard InChI is InChI=1S/C23H22F2N2O2S/c1-17-26-20(16-30-17)15-29-21-10-7-18(8-11-21)9-12-23(28)27(14-22(24)25)13-19-5-3-2-4-6-19/h2-12,16,22H,13-15H2,1H3. The lowest BCUT2D eigenvalue weighted by molar-refractivity contribution is -0.128. The van der Waals surface area contributed by atoms with Crippen LogP contribution in [0.5, 0.6) is 5.75 Å². The van der Waals surface area contributed by atoms with Crippen molar-refractivity contribution in [2.45, 2.75) is 26.5 Å². The minimum absolute atomic E-state index is 0.136. The second-order valence-electron chi connectivity index (χ2n) is 6.64. The van der Waals surface area contributed by atoms with Gasteiger partial charge in [-0.1, -0.05) is 42.5 Å². The summed E-state index contributed by atoms with van der Waals surface area (Å²) in [6.07, 6.45) is 0.336. The Morgan fingerprint density at radius 2 is 1.90 bits per heavy atom. The van der Waals surface area contributed by atoms with Crippen molar-refractivity contribution in [2.75, 3.05) is 6.54 Å². The van der Waals surface area contributed by atoms with Gasteiger partial charge in [-0.3, -0.25) is 4.79 Å². The Morgan fingerprint density at radius 1 is 1.17 bits per heavy atom. The molecule has 0 saturated carbocycles.